The maximum absolute atomic E-state index is 12.0. The molecule has 0 aromatic heterocycles. The maximum Gasteiger partial charge on any atom is 0.338 e. The molecule has 0 aliphatic carbocycles. The van der Waals surface area contributed by atoms with Crippen LogP contribution in [0.5, 0.6) is 0 Å². The fourth-order valence-electron chi connectivity index (χ4n) is 1.88. The molecule has 2 rings (SSSR count). The number of carbonyl (C=O) groups is 2. The molecule has 0 spiro atoms. The highest BCUT2D eigenvalue weighted by molar-refractivity contribution is 9.10. The molecule has 0 N–H and O–H groups in total. The average Bonchev–Trinajstić information content (AvgIpc) is 2.59. The molecule has 0 atom stereocenters. The molecular formula is C16H13BrN2O5. The number of halogens is 1. The van der Waals surface area contributed by atoms with Crippen LogP contribution in [0.4, 0.5) is 11.4 Å². The number of anilines is 1. The van der Waals surface area contributed by atoms with Crippen molar-refractivity contribution >= 4 is 39.2 Å². The molecule has 1 amide bonds. The zero-order valence-corrected chi connectivity index (χ0v) is 14.2. The lowest BCUT2D eigenvalue weighted by molar-refractivity contribution is -0.385. The topological polar surface area (TPSA) is 89.8 Å². The Morgan fingerprint density at radius 2 is 1.88 bits per heavy atom. The molecule has 8 heteroatoms. The third kappa shape index (κ3) is 4.17. The quantitative estimate of drug-likeness (QED) is 0.442. The molecular weight excluding hydrogens is 380 g/mol. The van der Waals surface area contributed by atoms with Gasteiger partial charge < -0.3 is 9.64 Å². The van der Waals surface area contributed by atoms with Gasteiger partial charge in [-0.05, 0) is 40.2 Å². The summed E-state index contributed by atoms with van der Waals surface area (Å²) in [4.78, 5) is 35.6. The van der Waals surface area contributed by atoms with Crippen LogP contribution in [-0.2, 0) is 9.53 Å². The lowest BCUT2D eigenvalue weighted by atomic mass is 10.2. The largest absolute Gasteiger partial charge is 0.452 e. The SMILES string of the molecule is CN(C(=O)COC(=O)c1ccc(Br)c([N+](=O)[O-])c1)c1ccccc1. The van der Waals surface area contributed by atoms with Gasteiger partial charge in [0.15, 0.2) is 6.61 Å². The fourth-order valence-corrected chi connectivity index (χ4v) is 2.27. The van der Waals surface area contributed by atoms with Crippen LogP contribution in [0, 0.1) is 10.1 Å². The Labute approximate surface area is 146 Å². The number of nitrogens with zero attached hydrogens (tertiary/aromatic N) is 2. The van der Waals surface area contributed by atoms with Gasteiger partial charge in [-0.1, -0.05) is 18.2 Å². The molecule has 0 saturated carbocycles. The summed E-state index contributed by atoms with van der Waals surface area (Å²) in [7, 11) is 1.57. The van der Waals surface area contributed by atoms with Crippen LogP contribution in [-0.4, -0.2) is 30.5 Å². The van der Waals surface area contributed by atoms with Crippen molar-refractivity contribution in [1.82, 2.24) is 0 Å². The Hall–Kier alpha value is -2.74. The first-order valence-corrected chi connectivity index (χ1v) is 7.62. The van der Waals surface area contributed by atoms with Crippen molar-refractivity contribution in [1.29, 1.82) is 0 Å². The van der Waals surface area contributed by atoms with Crippen LogP contribution in [0.15, 0.2) is 53.0 Å². The van der Waals surface area contributed by atoms with Crippen molar-refractivity contribution in [3.05, 3.63) is 68.7 Å². The van der Waals surface area contributed by atoms with E-state index in [0.717, 1.165) is 6.07 Å². The van der Waals surface area contributed by atoms with E-state index in [0.29, 0.717) is 5.69 Å². The number of benzene rings is 2. The van der Waals surface area contributed by atoms with Crippen molar-refractivity contribution < 1.29 is 19.2 Å². The second kappa shape index (κ2) is 7.69. The third-order valence-electron chi connectivity index (χ3n) is 3.22. The van der Waals surface area contributed by atoms with Gasteiger partial charge in [0.1, 0.15) is 0 Å². The summed E-state index contributed by atoms with van der Waals surface area (Å²) in [6.45, 7) is -0.464. The zero-order valence-electron chi connectivity index (χ0n) is 12.6. The first-order chi connectivity index (χ1) is 11.4. The Kier molecular flexibility index (Phi) is 5.64. The highest BCUT2D eigenvalue weighted by Gasteiger charge is 2.18. The van der Waals surface area contributed by atoms with E-state index in [9.17, 15) is 19.7 Å². The van der Waals surface area contributed by atoms with Crippen LogP contribution in [0.3, 0.4) is 0 Å². The smallest absolute Gasteiger partial charge is 0.338 e. The standard InChI is InChI=1S/C16H13BrN2O5/c1-18(12-5-3-2-4-6-12)15(20)10-24-16(21)11-7-8-13(17)14(9-11)19(22)23/h2-9H,10H2,1H3. The van der Waals surface area contributed by atoms with Gasteiger partial charge in [-0.3, -0.25) is 14.9 Å². The van der Waals surface area contributed by atoms with Crippen molar-refractivity contribution in [2.75, 3.05) is 18.6 Å². The molecule has 0 aliphatic rings. The predicted molar refractivity (Wildman–Crippen MR) is 90.9 cm³/mol. The van der Waals surface area contributed by atoms with Crippen molar-refractivity contribution in [2.45, 2.75) is 0 Å². The maximum atomic E-state index is 12.0. The number of esters is 1. The lowest BCUT2D eigenvalue weighted by Crippen LogP contribution is -2.31. The summed E-state index contributed by atoms with van der Waals surface area (Å²) in [5.41, 5.74) is 0.412. The summed E-state index contributed by atoms with van der Waals surface area (Å²) < 4.78 is 5.19. The molecule has 2 aromatic carbocycles. The number of nitro benzene ring substituents is 1. The van der Waals surface area contributed by atoms with Gasteiger partial charge >= 0.3 is 5.97 Å². The molecule has 0 fully saturated rings. The predicted octanol–water partition coefficient (Wildman–Crippen LogP) is 3.18. The molecule has 0 bridgehead atoms. The van der Waals surface area contributed by atoms with Gasteiger partial charge in [0.05, 0.1) is 15.0 Å². The van der Waals surface area contributed by atoms with Crippen LogP contribution in [0.1, 0.15) is 10.4 Å². The second-order valence-electron chi connectivity index (χ2n) is 4.79. The molecule has 2 aromatic rings. The van der Waals surface area contributed by atoms with E-state index in [1.54, 1.807) is 31.3 Å². The molecule has 7 nitrogen and oxygen atoms in total. The summed E-state index contributed by atoms with van der Waals surface area (Å²) in [6.07, 6.45) is 0. The van der Waals surface area contributed by atoms with Crippen LogP contribution in [0.2, 0.25) is 0 Å². The van der Waals surface area contributed by atoms with Crippen molar-refractivity contribution in [3.8, 4) is 0 Å². The van der Waals surface area contributed by atoms with Crippen molar-refractivity contribution in [2.24, 2.45) is 0 Å². The monoisotopic (exact) mass is 392 g/mol. The second-order valence-corrected chi connectivity index (χ2v) is 5.64. The number of likely N-dealkylation sites (N-methyl/N-ethyl adjacent to an activating group) is 1. The Bertz CT molecular complexity index is 779. The van der Waals surface area contributed by atoms with Gasteiger partial charge in [0.2, 0.25) is 0 Å². The van der Waals surface area contributed by atoms with Crippen LogP contribution >= 0.6 is 15.9 Å². The Morgan fingerprint density at radius 1 is 1.21 bits per heavy atom. The van der Waals surface area contributed by atoms with Gasteiger partial charge in [-0.15, -0.1) is 0 Å². The first kappa shape index (κ1) is 17.6. The lowest BCUT2D eigenvalue weighted by Gasteiger charge is -2.17. The average molecular weight is 393 g/mol. The van der Waals surface area contributed by atoms with Gasteiger partial charge in [0, 0.05) is 18.8 Å². The van der Waals surface area contributed by atoms with E-state index in [2.05, 4.69) is 15.9 Å². The molecule has 0 heterocycles. The summed E-state index contributed by atoms with van der Waals surface area (Å²) in [5.74, 6) is -1.22. The zero-order chi connectivity index (χ0) is 17.7. The Morgan fingerprint density at radius 3 is 2.50 bits per heavy atom. The van der Waals surface area contributed by atoms with E-state index >= 15 is 0 Å². The number of nitro groups is 1. The normalized spacial score (nSPS) is 10.1. The molecule has 24 heavy (non-hydrogen) atoms. The fraction of sp³-hybridized carbons (Fsp3) is 0.125. The number of carbonyl (C=O) groups excluding carboxylic acids is 2. The minimum Gasteiger partial charge on any atom is -0.452 e. The van der Waals surface area contributed by atoms with Gasteiger partial charge in [-0.25, -0.2) is 4.79 Å². The third-order valence-corrected chi connectivity index (χ3v) is 3.89. The summed E-state index contributed by atoms with van der Waals surface area (Å²) >= 11 is 3.03. The number of amides is 1. The number of hydrogen-bond donors (Lipinski definition) is 0. The van der Waals surface area contributed by atoms with Crippen molar-refractivity contribution in [3.63, 3.8) is 0 Å². The van der Waals surface area contributed by atoms with E-state index < -0.39 is 23.4 Å². The summed E-state index contributed by atoms with van der Waals surface area (Å²) in [5, 5.41) is 10.9. The van der Waals surface area contributed by atoms with Crippen LogP contribution in [0.25, 0.3) is 0 Å². The van der Waals surface area contributed by atoms with Gasteiger partial charge in [-0.2, -0.15) is 0 Å². The van der Waals surface area contributed by atoms with E-state index in [1.165, 1.54) is 17.0 Å². The van der Waals surface area contributed by atoms with E-state index in [-0.39, 0.29) is 15.7 Å². The molecule has 0 saturated heterocycles. The van der Waals surface area contributed by atoms with E-state index in [1.807, 2.05) is 6.07 Å². The summed E-state index contributed by atoms with van der Waals surface area (Å²) in [6, 6.07) is 12.7. The minimum absolute atomic E-state index is 0.0000594. The highest BCUT2D eigenvalue weighted by Crippen LogP contribution is 2.25. The van der Waals surface area contributed by atoms with E-state index in [4.69, 9.17) is 4.74 Å². The molecule has 0 unspecified atom stereocenters. The van der Waals surface area contributed by atoms with Gasteiger partial charge in [0.25, 0.3) is 11.6 Å². The first-order valence-electron chi connectivity index (χ1n) is 6.83. The number of hydrogen-bond acceptors (Lipinski definition) is 5. The minimum atomic E-state index is -0.805. The molecule has 124 valence electrons. The number of ether oxygens (including phenoxy) is 1. The number of rotatable bonds is 5. The van der Waals surface area contributed by atoms with Crippen LogP contribution < -0.4 is 4.90 Å². The number of para-hydroxylation sites is 1. The molecule has 0 aliphatic heterocycles. The highest BCUT2D eigenvalue weighted by atomic mass is 79.9. The molecule has 0 radical (unpaired) electrons. The Balaban J connectivity index is 2.02.